The molecule has 92 valence electrons. The third kappa shape index (κ3) is 5.07. The van der Waals surface area contributed by atoms with Gasteiger partial charge in [0.2, 0.25) is 0 Å². The van der Waals surface area contributed by atoms with E-state index in [9.17, 15) is 4.39 Å². The number of unbranched alkanes of at least 4 members (excludes halogenated alkanes) is 2. The fourth-order valence-corrected chi connectivity index (χ4v) is 5.96. The highest BCUT2D eigenvalue weighted by molar-refractivity contribution is 14.1. The van der Waals surface area contributed by atoms with Crippen molar-refractivity contribution < 1.29 is 17.7 Å². The van der Waals surface area contributed by atoms with Crippen molar-refractivity contribution >= 4 is 31.4 Å². The summed E-state index contributed by atoms with van der Waals surface area (Å²) in [6.45, 7) is -0.229. The van der Waals surface area contributed by atoms with Crippen LogP contribution < -0.4 is 0 Å². The molecular formula is C9H20FIO3Si. The molecule has 0 radical (unpaired) electrons. The van der Waals surface area contributed by atoms with Crippen LogP contribution in [-0.4, -0.2) is 40.4 Å². The van der Waals surface area contributed by atoms with Gasteiger partial charge in [-0.3, -0.25) is 4.39 Å². The van der Waals surface area contributed by atoms with Crippen LogP contribution in [0.3, 0.4) is 0 Å². The molecule has 1 atom stereocenters. The Balaban J connectivity index is 3.97. The Morgan fingerprint density at radius 2 is 1.60 bits per heavy atom. The van der Waals surface area contributed by atoms with Gasteiger partial charge in [0.15, 0.2) is 0 Å². The third-order valence-corrected chi connectivity index (χ3v) is 8.00. The van der Waals surface area contributed by atoms with Crippen LogP contribution in [0.5, 0.6) is 0 Å². The molecule has 0 saturated carbocycles. The van der Waals surface area contributed by atoms with E-state index in [0.29, 0.717) is 6.42 Å². The zero-order valence-corrected chi connectivity index (χ0v) is 12.8. The third-order valence-electron chi connectivity index (χ3n) is 2.33. The highest BCUT2D eigenvalue weighted by Crippen LogP contribution is 2.24. The number of rotatable bonds is 9. The Hall–Kier alpha value is 0.757. The van der Waals surface area contributed by atoms with Crippen molar-refractivity contribution in [2.24, 2.45) is 0 Å². The van der Waals surface area contributed by atoms with E-state index < -0.39 is 8.80 Å². The lowest BCUT2D eigenvalue weighted by Gasteiger charge is -2.28. The Kier molecular flexibility index (Phi) is 9.30. The van der Waals surface area contributed by atoms with Crippen LogP contribution in [0.25, 0.3) is 0 Å². The molecule has 0 aliphatic carbocycles. The van der Waals surface area contributed by atoms with Gasteiger partial charge in [0.25, 0.3) is 0 Å². The highest BCUT2D eigenvalue weighted by Gasteiger charge is 2.45. The molecule has 3 nitrogen and oxygen atoms in total. The van der Waals surface area contributed by atoms with Crippen molar-refractivity contribution in [3.8, 4) is 0 Å². The van der Waals surface area contributed by atoms with Crippen molar-refractivity contribution in [2.75, 3.05) is 28.0 Å². The van der Waals surface area contributed by atoms with E-state index in [1.165, 1.54) is 0 Å². The lowest BCUT2D eigenvalue weighted by molar-refractivity contribution is 0.122. The van der Waals surface area contributed by atoms with Crippen molar-refractivity contribution in [3.63, 3.8) is 0 Å². The minimum atomic E-state index is -2.49. The minimum absolute atomic E-state index is 0.229. The van der Waals surface area contributed by atoms with Gasteiger partial charge >= 0.3 is 8.80 Å². The molecule has 0 aromatic rings. The average Bonchev–Trinajstić information content (AvgIpc) is 2.28. The molecule has 1 unspecified atom stereocenters. The summed E-state index contributed by atoms with van der Waals surface area (Å²) in [4.78, 5) is 0. The van der Waals surface area contributed by atoms with Gasteiger partial charge in [-0.2, -0.15) is 0 Å². The molecule has 0 aromatic carbocycles. The van der Waals surface area contributed by atoms with Crippen LogP contribution in [-0.2, 0) is 13.3 Å². The molecule has 6 heteroatoms. The molecule has 0 spiro atoms. The first kappa shape index (κ1) is 15.8. The van der Waals surface area contributed by atoms with E-state index in [0.717, 1.165) is 19.3 Å². The molecule has 0 fully saturated rings. The smallest absolute Gasteiger partial charge is 0.376 e. The van der Waals surface area contributed by atoms with Gasteiger partial charge in [0.05, 0.1) is 10.2 Å². The molecule has 0 rings (SSSR count). The number of hydrogen-bond acceptors (Lipinski definition) is 3. The van der Waals surface area contributed by atoms with Gasteiger partial charge in [-0.25, -0.2) is 0 Å². The molecule has 0 aliphatic rings. The van der Waals surface area contributed by atoms with Gasteiger partial charge in [-0.1, -0.05) is 35.4 Å². The summed E-state index contributed by atoms with van der Waals surface area (Å²) >= 11 is 2.30. The topological polar surface area (TPSA) is 27.7 Å². The normalized spacial score (nSPS) is 14.2. The average molecular weight is 350 g/mol. The fraction of sp³-hybridized carbons (Fsp3) is 1.00. The Bertz CT molecular complexity index is 150. The molecule has 0 heterocycles. The predicted octanol–water partition coefficient (Wildman–Crippen LogP) is 2.74. The second kappa shape index (κ2) is 8.86. The van der Waals surface area contributed by atoms with Crippen LogP contribution in [0.4, 0.5) is 4.39 Å². The van der Waals surface area contributed by atoms with Crippen molar-refractivity contribution in [3.05, 3.63) is 0 Å². The lowest BCUT2D eigenvalue weighted by atomic mass is 10.2. The molecule has 0 aromatic heterocycles. The Morgan fingerprint density at radius 3 is 2.00 bits per heavy atom. The zero-order chi connectivity index (χ0) is 11.7. The standard InChI is InChI=1S/C9H20FIO3Si/c1-12-15(13-2,14-3)9(11)7-5-4-6-8-10/h9H,4-8H2,1-3H3. The van der Waals surface area contributed by atoms with Crippen LogP contribution in [0.1, 0.15) is 25.7 Å². The molecule has 0 saturated heterocycles. The van der Waals surface area contributed by atoms with Crippen molar-refractivity contribution in [1.82, 2.24) is 0 Å². The number of hydrogen-bond donors (Lipinski definition) is 0. The minimum Gasteiger partial charge on any atom is -0.376 e. The summed E-state index contributed by atoms with van der Waals surface area (Å²) in [7, 11) is 2.36. The van der Waals surface area contributed by atoms with Gasteiger partial charge in [-0.15, -0.1) is 0 Å². The van der Waals surface area contributed by atoms with E-state index in [1.807, 2.05) is 0 Å². The molecule has 0 N–H and O–H groups in total. The first-order valence-corrected chi connectivity index (χ1v) is 8.07. The largest absolute Gasteiger partial charge is 0.513 e. The lowest BCUT2D eigenvalue weighted by Crippen LogP contribution is -2.51. The molecule has 0 amide bonds. The predicted molar refractivity (Wildman–Crippen MR) is 69.0 cm³/mol. The summed E-state index contributed by atoms with van der Waals surface area (Å²) in [5.41, 5.74) is 0. The Labute approximate surface area is 106 Å². The Morgan fingerprint density at radius 1 is 1.07 bits per heavy atom. The summed E-state index contributed by atoms with van der Waals surface area (Å²) in [6, 6.07) is 0. The highest BCUT2D eigenvalue weighted by atomic mass is 127. The van der Waals surface area contributed by atoms with Crippen LogP contribution in [0.15, 0.2) is 0 Å². The van der Waals surface area contributed by atoms with Crippen LogP contribution in [0, 0.1) is 0 Å². The molecule has 15 heavy (non-hydrogen) atoms. The maximum atomic E-state index is 11.9. The summed E-state index contributed by atoms with van der Waals surface area (Å²) in [5, 5.41) is 0. The summed E-state index contributed by atoms with van der Waals surface area (Å²) in [5.74, 6) is 0. The number of alkyl halides is 2. The maximum absolute atomic E-state index is 11.9. The molecule has 0 aliphatic heterocycles. The number of halogens is 2. The van der Waals surface area contributed by atoms with Gasteiger partial charge in [0.1, 0.15) is 0 Å². The maximum Gasteiger partial charge on any atom is 0.513 e. The SMILES string of the molecule is CO[Si](OC)(OC)C(I)CCCCCF. The summed E-state index contributed by atoms with van der Waals surface area (Å²) in [6.07, 6.45) is 3.49. The second-order valence-electron chi connectivity index (χ2n) is 3.22. The van der Waals surface area contributed by atoms with Gasteiger partial charge in [-0.05, 0) is 12.8 Å². The van der Waals surface area contributed by atoms with E-state index in [4.69, 9.17) is 13.3 Å². The quantitative estimate of drug-likeness (QED) is 0.277. The molecular weight excluding hydrogens is 330 g/mol. The van der Waals surface area contributed by atoms with E-state index in [2.05, 4.69) is 22.6 Å². The van der Waals surface area contributed by atoms with Crippen LogP contribution in [0.2, 0.25) is 0 Å². The fourth-order valence-electron chi connectivity index (χ4n) is 1.41. The first-order chi connectivity index (χ1) is 7.16. The van der Waals surface area contributed by atoms with E-state index in [1.54, 1.807) is 21.3 Å². The monoisotopic (exact) mass is 350 g/mol. The first-order valence-electron chi connectivity index (χ1n) is 5.02. The van der Waals surface area contributed by atoms with Gasteiger partial charge in [0, 0.05) is 21.3 Å². The summed E-state index contributed by atoms with van der Waals surface area (Å²) < 4.78 is 28.2. The van der Waals surface area contributed by atoms with Crippen LogP contribution >= 0.6 is 22.6 Å². The van der Waals surface area contributed by atoms with Crippen molar-refractivity contribution in [2.45, 2.75) is 29.2 Å². The second-order valence-corrected chi connectivity index (χ2v) is 9.03. The van der Waals surface area contributed by atoms with Gasteiger partial charge < -0.3 is 13.3 Å². The van der Waals surface area contributed by atoms with Crippen molar-refractivity contribution in [1.29, 1.82) is 0 Å². The molecule has 0 bridgehead atoms. The van der Waals surface area contributed by atoms with E-state index in [-0.39, 0.29) is 10.2 Å². The zero-order valence-electron chi connectivity index (χ0n) is 9.59. The van der Waals surface area contributed by atoms with E-state index >= 15 is 0 Å².